The van der Waals surface area contributed by atoms with E-state index in [1.807, 2.05) is 0 Å². The van der Waals surface area contributed by atoms with Crippen LogP contribution in [0.4, 0.5) is 5.13 Å². The van der Waals surface area contributed by atoms with Crippen molar-refractivity contribution in [1.82, 2.24) is 10.2 Å². The fourth-order valence-corrected chi connectivity index (χ4v) is 2.42. The predicted octanol–water partition coefficient (Wildman–Crippen LogP) is 2.33. The molecule has 0 fully saturated rings. The molecule has 0 saturated carbocycles. The van der Waals surface area contributed by atoms with Crippen LogP contribution in [0.3, 0.4) is 0 Å². The molecule has 1 heterocycles. The lowest BCUT2D eigenvalue weighted by atomic mass is 10.1. The van der Waals surface area contributed by atoms with E-state index in [1.165, 1.54) is 11.3 Å². The summed E-state index contributed by atoms with van der Waals surface area (Å²) in [6.07, 6.45) is 2.21. The van der Waals surface area contributed by atoms with Gasteiger partial charge in [-0.1, -0.05) is 25.2 Å². The maximum absolute atomic E-state index is 10.3. The van der Waals surface area contributed by atoms with Gasteiger partial charge in [0.15, 0.2) is 0 Å². The lowest BCUT2D eigenvalue weighted by Crippen LogP contribution is -2.07. The van der Waals surface area contributed by atoms with Gasteiger partial charge in [-0.05, 0) is 12.8 Å². The Balaban J connectivity index is 2.47. The first-order valence-electron chi connectivity index (χ1n) is 5.46. The third-order valence-electron chi connectivity index (χ3n) is 2.39. The van der Waals surface area contributed by atoms with E-state index in [0.717, 1.165) is 17.8 Å². The minimum Gasteiger partial charge on any atom is -0.481 e. The minimum absolute atomic E-state index is 0.0971. The van der Waals surface area contributed by atoms with E-state index in [4.69, 9.17) is 5.11 Å². The molecule has 1 aromatic heterocycles. The number of hydrogen-bond donors (Lipinski definition) is 2. The summed E-state index contributed by atoms with van der Waals surface area (Å²) in [6, 6.07) is 0. The average Bonchev–Trinajstić information content (AvgIpc) is 2.68. The Morgan fingerprint density at radius 2 is 2.12 bits per heavy atom. The van der Waals surface area contributed by atoms with Crippen molar-refractivity contribution < 1.29 is 9.90 Å². The van der Waals surface area contributed by atoms with Crippen molar-refractivity contribution in [2.24, 2.45) is 0 Å². The van der Waals surface area contributed by atoms with Crippen molar-refractivity contribution >= 4 is 22.4 Å². The monoisotopic (exact) mass is 243 g/mol. The smallest absolute Gasteiger partial charge is 0.305 e. The van der Waals surface area contributed by atoms with Crippen LogP contribution in [-0.4, -0.2) is 27.8 Å². The Morgan fingerprint density at radius 1 is 1.44 bits per heavy atom. The molecular formula is C10H17N3O2S. The van der Waals surface area contributed by atoms with Crippen molar-refractivity contribution in [3.63, 3.8) is 0 Å². The lowest BCUT2D eigenvalue weighted by Gasteiger charge is -2.05. The summed E-state index contributed by atoms with van der Waals surface area (Å²) >= 11 is 1.52. The normalized spacial score (nSPS) is 10.7. The fourth-order valence-electron chi connectivity index (χ4n) is 1.39. The number of nitrogens with one attached hydrogen (secondary N) is 1. The van der Waals surface area contributed by atoms with E-state index < -0.39 is 5.97 Å². The second kappa shape index (κ2) is 6.42. The van der Waals surface area contributed by atoms with Gasteiger partial charge in [-0.3, -0.25) is 4.79 Å². The third kappa shape index (κ3) is 3.77. The number of carboxylic acids is 1. The van der Waals surface area contributed by atoms with Gasteiger partial charge in [-0.15, -0.1) is 10.2 Å². The van der Waals surface area contributed by atoms with Crippen LogP contribution in [0, 0.1) is 0 Å². The number of rotatable bonds is 7. The lowest BCUT2D eigenvalue weighted by molar-refractivity contribution is -0.136. The van der Waals surface area contributed by atoms with Crippen molar-refractivity contribution in [3.05, 3.63) is 5.01 Å². The number of aliphatic carboxylic acids is 1. The summed E-state index contributed by atoms with van der Waals surface area (Å²) in [6.45, 7) is 4.66. The van der Waals surface area contributed by atoms with Crippen LogP contribution < -0.4 is 5.32 Å². The van der Waals surface area contributed by atoms with Crippen LogP contribution in [0.5, 0.6) is 0 Å². The largest absolute Gasteiger partial charge is 0.481 e. The van der Waals surface area contributed by atoms with Gasteiger partial charge in [0.1, 0.15) is 5.01 Å². The summed E-state index contributed by atoms with van der Waals surface area (Å²) in [5.41, 5.74) is 0. The maximum atomic E-state index is 10.3. The second-order valence-electron chi connectivity index (χ2n) is 3.53. The first kappa shape index (κ1) is 12.9. The molecule has 0 aliphatic heterocycles. The molecule has 0 unspecified atom stereocenters. The summed E-state index contributed by atoms with van der Waals surface area (Å²) in [4.78, 5) is 10.3. The zero-order valence-electron chi connectivity index (χ0n) is 9.56. The zero-order valence-corrected chi connectivity index (χ0v) is 10.4. The molecule has 0 saturated heterocycles. The molecule has 0 amide bonds. The van der Waals surface area contributed by atoms with Gasteiger partial charge in [0.05, 0.1) is 6.42 Å². The minimum atomic E-state index is -0.808. The Morgan fingerprint density at radius 3 is 2.69 bits per heavy atom. The number of nitrogens with zero attached hydrogens (tertiary/aromatic N) is 2. The first-order valence-corrected chi connectivity index (χ1v) is 6.28. The van der Waals surface area contributed by atoms with E-state index >= 15 is 0 Å². The molecule has 0 aliphatic carbocycles. The fraction of sp³-hybridized carbons (Fsp3) is 0.700. The van der Waals surface area contributed by atoms with Crippen LogP contribution in [0.2, 0.25) is 0 Å². The van der Waals surface area contributed by atoms with E-state index in [-0.39, 0.29) is 6.42 Å². The summed E-state index contributed by atoms with van der Waals surface area (Å²) in [5.74, 6) is -0.343. The van der Waals surface area contributed by atoms with Crippen LogP contribution in [0.1, 0.15) is 44.0 Å². The standard InChI is InChI=1S/C10H17N3O2S/c1-3-7(4-2)9-12-13-10(16-9)11-6-5-8(14)15/h7H,3-6H2,1-2H3,(H,11,13)(H,14,15). The van der Waals surface area contributed by atoms with Gasteiger partial charge in [0.2, 0.25) is 5.13 Å². The van der Waals surface area contributed by atoms with Crippen LogP contribution in [0.15, 0.2) is 0 Å². The Kier molecular flexibility index (Phi) is 5.18. The number of aromatic nitrogens is 2. The van der Waals surface area contributed by atoms with Gasteiger partial charge < -0.3 is 10.4 Å². The van der Waals surface area contributed by atoms with Crippen molar-refractivity contribution in [2.45, 2.75) is 39.0 Å². The van der Waals surface area contributed by atoms with E-state index in [0.29, 0.717) is 17.6 Å². The molecule has 0 bridgehead atoms. The van der Waals surface area contributed by atoms with Crippen LogP contribution in [-0.2, 0) is 4.79 Å². The molecule has 0 radical (unpaired) electrons. The second-order valence-corrected chi connectivity index (χ2v) is 4.54. The summed E-state index contributed by atoms with van der Waals surface area (Å²) < 4.78 is 0. The molecule has 16 heavy (non-hydrogen) atoms. The highest BCUT2D eigenvalue weighted by molar-refractivity contribution is 7.15. The highest BCUT2D eigenvalue weighted by Gasteiger charge is 2.12. The highest BCUT2D eigenvalue weighted by atomic mass is 32.1. The molecular weight excluding hydrogens is 226 g/mol. The van der Waals surface area contributed by atoms with Gasteiger partial charge in [-0.25, -0.2) is 0 Å². The Hall–Kier alpha value is -1.17. The quantitative estimate of drug-likeness (QED) is 0.768. The van der Waals surface area contributed by atoms with E-state index in [2.05, 4.69) is 29.4 Å². The third-order valence-corrected chi connectivity index (χ3v) is 3.43. The number of carboxylic acid groups (broad SMARTS) is 1. The molecule has 0 aliphatic rings. The molecule has 1 rings (SSSR count). The van der Waals surface area contributed by atoms with Crippen molar-refractivity contribution in [1.29, 1.82) is 0 Å². The zero-order chi connectivity index (χ0) is 12.0. The summed E-state index contributed by atoms with van der Waals surface area (Å²) in [7, 11) is 0. The van der Waals surface area contributed by atoms with Crippen molar-refractivity contribution in [3.8, 4) is 0 Å². The van der Waals surface area contributed by atoms with Crippen molar-refractivity contribution in [2.75, 3.05) is 11.9 Å². The van der Waals surface area contributed by atoms with E-state index in [1.54, 1.807) is 0 Å². The average molecular weight is 243 g/mol. The molecule has 0 spiro atoms. The number of carbonyl (C=O) groups is 1. The van der Waals surface area contributed by atoms with Gasteiger partial charge in [0.25, 0.3) is 0 Å². The van der Waals surface area contributed by atoms with Gasteiger partial charge in [-0.2, -0.15) is 0 Å². The molecule has 5 nitrogen and oxygen atoms in total. The SMILES string of the molecule is CCC(CC)c1nnc(NCCC(=O)O)s1. The molecule has 1 aromatic rings. The van der Waals surface area contributed by atoms with Gasteiger partial charge in [0, 0.05) is 12.5 Å². The van der Waals surface area contributed by atoms with E-state index in [9.17, 15) is 4.79 Å². The highest BCUT2D eigenvalue weighted by Crippen LogP contribution is 2.27. The molecule has 0 aromatic carbocycles. The number of anilines is 1. The maximum Gasteiger partial charge on any atom is 0.305 e. The van der Waals surface area contributed by atoms with Crippen LogP contribution in [0.25, 0.3) is 0 Å². The molecule has 0 atom stereocenters. The molecule has 2 N–H and O–H groups in total. The van der Waals surface area contributed by atoms with Gasteiger partial charge >= 0.3 is 5.97 Å². The summed E-state index contributed by atoms with van der Waals surface area (Å²) in [5, 5.41) is 21.3. The first-order chi connectivity index (χ1) is 7.67. The van der Waals surface area contributed by atoms with Crippen LogP contribution >= 0.6 is 11.3 Å². The molecule has 90 valence electrons. The topological polar surface area (TPSA) is 75.1 Å². The predicted molar refractivity (Wildman–Crippen MR) is 64.0 cm³/mol. The Labute approximate surface area is 98.9 Å². The molecule has 6 heteroatoms. The number of hydrogen-bond acceptors (Lipinski definition) is 5. The Bertz CT molecular complexity index is 337.